The molecular weight excluding hydrogens is 457 g/mol. The van der Waals surface area contributed by atoms with Gasteiger partial charge in [-0.2, -0.15) is 13.2 Å². The van der Waals surface area contributed by atoms with Gasteiger partial charge in [-0.15, -0.1) is 0 Å². The van der Waals surface area contributed by atoms with Crippen LogP contribution in [0.2, 0.25) is 0 Å². The van der Waals surface area contributed by atoms with Gasteiger partial charge in [0.15, 0.2) is 5.65 Å². The van der Waals surface area contributed by atoms with Gasteiger partial charge in [0, 0.05) is 42.0 Å². The predicted octanol–water partition coefficient (Wildman–Crippen LogP) is 5.71. The first kappa shape index (κ1) is 24.1. The number of anilines is 1. The average molecular weight is 483 g/mol. The van der Waals surface area contributed by atoms with Crippen molar-refractivity contribution in [1.82, 2.24) is 14.7 Å². The van der Waals surface area contributed by atoms with Gasteiger partial charge in [-0.3, -0.25) is 9.20 Å². The summed E-state index contributed by atoms with van der Waals surface area (Å²) in [5.74, 6) is 0.460. The van der Waals surface area contributed by atoms with Crippen molar-refractivity contribution in [2.75, 3.05) is 26.0 Å². The maximum atomic E-state index is 12.8. The van der Waals surface area contributed by atoms with Gasteiger partial charge >= 0.3 is 6.18 Å². The lowest BCUT2D eigenvalue weighted by Gasteiger charge is -2.15. The van der Waals surface area contributed by atoms with Crippen LogP contribution in [-0.2, 0) is 0 Å². The maximum Gasteiger partial charge on any atom is 0.390 e. The number of fused-ring (bicyclic) bond motifs is 1. The minimum Gasteiger partial charge on any atom is -0.496 e. The van der Waals surface area contributed by atoms with E-state index in [0.29, 0.717) is 22.6 Å². The number of carbonyl (C=O) groups is 1. The largest absolute Gasteiger partial charge is 0.496 e. The van der Waals surface area contributed by atoms with Gasteiger partial charge in [0.05, 0.1) is 31.1 Å². The Balaban J connectivity index is 1.85. The monoisotopic (exact) mass is 482 g/mol. The Morgan fingerprint density at radius 2 is 1.89 bits per heavy atom. The molecule has 0 aliphatic rings. The third kappa shape index (κ3) is 5.08. The summed E-state index contributed by atoms with van der Waals surface area (Å²) in [6, 6.07) is 14.7. The first-order valence-corrected chi connectivity index (χ1v) is 11.0. The van der Waals surface area contributed by atoms with Crippen LogP contribution in [0.3, 0.4) is 0 Å². The predicted molar refractivity (Wildman–Crippen MR) is 130 cm³/mol. The van der Waals surface area contributed by atoms with E-state index in [1.165, 1.54) is 0 Å². The lowest BCUT2D eigenvalue weighted by Crippen LogP contribution is -2.18. The van der Waals surface area contributed by atoms with Gasteiger partial charge < -0.3 is 15.4 Å². The summed E-state index contributed by atoms with van der Waals surface area (Å²) in [6.07, 6.45) is -1.68. The molecule has 0 bridgehead atoms. The van der Waals surface area contributed by atoms with E-state index in [0.717, 1.165) is 27.9 Å². The highest BCUT2D eigenvalue weighted by atomic mass is 19.4. The number of hydrogen-bond acceptors (Lipinski definition) is 4. The standard InChI is InChI=1S/C26H25F3N4O2/c1-16-12-17(8-9-19(16)25(34)30-2)22-14-32-24-21(31-11-10-26(27,28)29)13-18(15-33(22)24)20-6-4-5-7-23(20)35-3/h4-9,12-15,31H,10-11H2,1-3H3,(H,30,34). The molecule has 6 nitrogen and oxygen atoms in total. The van der Waals surface area contributed by atoms with Crippen molar-refractivity contribution in [3.05, 3.63) is 72.1 Å². The van der Waals surface area contributed by atoms with E-state index in [1.54, 1.807) is 32.5 Å². The van der Waals surface area contributed by atoms with E-state index in [1.807, 2.05) is 53.9 Å². The second-order valence-electron chi connectivity index (χ2n) is 8.08. The van der Waals surface area contributed by atoms with E-state index >= 15 is 0 Å². The summed E-state index contributed by atoms with van der Waals surface area (Å²) in [6.45, 7) is 1.57. The molecule has 2 aromatic carbocycles. The van der Waals surface area contributed by atoms with Gasteiger partial charge in [0.1, 0.15) is 5.75 Å². The average Bonchev–Trinajstić information content (AvgIpc) is 3.27. The third-order valence-corrected chi connectivity index (χ3v) is 5.74. The summed E-state index contributed by atoms with van der Waals surface area (Å²) in [4.78, 5) is 16.6. The molecule has 0 aliphatic carbocycles. The molecule has 9 heteroatoms. The zero-order valence-electron chi connectivity index (χ0n) is 19.5. The van der Waals surface area contributed by atoms with Crippen LogP contribution in [0.5, 0.6) is 5.75 Å². The van der Waals surface area contributed by atoms with E-state index < -0.39 is 12.6 Å². The summed E-state index contributed by atoms with van der Waals surface area (Å²) in [7, 11) is 3.14. The number of para-hydroxylation sites is 1. The fraction of sp³-hybridized carbons (Fsp3) is 0.231. The number of pyridine rings is 1. The number of nitrogens with zero attached hydrogens (tertiary/aromatic N) is 2. The molecule has 2 N–H and O–H groups in total. The Labute approximate surface area is 200 Å². The van der Waals surface area contributed by atoms with E-state index in [-0.39, 0.29) is 12.5 Å². The van der Waals surface area contributed by atoms with Crippen LogP contribution in [0.4, 0.5) is 18.9 Å². The van der Waals surface area contributed by atoms with Crippen LogP contribution in [0, 0.1) is 6.92 Å². The molecule has 2 heterocycles. The lowest BCUT2D eigenvalue weighted by atomic mass is 10.0. The molecule has 2 aromatic heterocycles. The summed E-state index contributed by atoms with van der Waals surface area (Å²) in [5.41, 5.74) is 5.43. The first-order chi connectivity index (χ1) is 16.7. The van der Waals surface area contributed by atoms with Crippen LogP contribution in [0.25, 0.3) is 28.0 Å². The summed E-state index contributed by atoms with van der Waals surface area (Å²) >= 11 is 0. The molecule has 0 radical (unpaired) electrons. The van der Waals surface area contributed by atoms with Crippen molar-refractivity contribution in [2.45, 2.75) is 19.5 Å². The molecular formula is C26H25F3N4O2. The highest BCUT2D eigenvalue weighted by molar-refractivity contribution is 5.96. The number of methoxy groups -OCH3 is 1. The molecule has 0 saturated carbocycles. The highest BCUT2D eigenvalue weighted by Crippen LogP contribution is 2.35. The minimum atomic E-state index is -4.27. The Bertz CT molecular complexity index is 1380. The number of alkyl halides is 3. The van der Waals surface area contributed by atoms with E-state index in [4.69, 9.17) is 4.74 Å². The number of carbonyl (C=O) groups excluding carboxylic acids is 1. The molecule has 0 fully saturated rings. The Morgan fingerprint density at radius 3 is 2.57 bits per heavy atom. The second kappa shape index (κ2) is 9.69. The van der Waals surface area contributed by atoms with Crippen molar-refractivity contribution in [3.63, 3.8) is 0 Å². The zero-order valence-corrected chi connectivity index (χ0v) is 19.5. The first-order valence-electron chi connectivity index (χ1n) is 11.0. The number of aromatic nitrogens is 2. The van der Waals surface area contributed by atoms with Crippen molar-refractivity contribution in [2.24, 2.45) is 0 Å². The van der Waals surface area contributed by atoms with E-state index in [2.05, 4.69) is 15.6 Å². The number of halogens is 3. The van der Waals surface area contributed by atoms with E-state index in [9.17, 15) is 18.0 Å². The van der Waals surface area contributed by atoms with Gasteiger partial charge in [0.2, 0.25) is 0 Å². The zero-order chi connectivity index (χ0) is 25.2. The molecule has 0 unspecified atom stereocenters. The third-order valence-electron chi connectivity index (χ3n) is 5.74. The second-order valence-corrected chi connectivity index (χ2v) is 8.08. The number of aryl methyl sites for hydroxylation is 1. The van der Waals surface area contributed by atoms with Gasteiger partial charge in [-0.1, -0.05) is 24.3 Å². The van der Waals surface area contributed by atoms with Crippen LogP contribution in [0.15, 0.2) is 60.9 Å². The summed E-state index contributed by atoms with van der Waals surface area (Å²) in [5, 5.41) is 5.53. The van der Waals surface area contributed by atoms with Crippen LogP contribution in [0.1, 0.15) is 22.3 Å². The normalized spacial score (nSPS) is 11.5. The quantitative estimate of drug-likeness (QED) is 0.354. The van der Waals surface area contributed by atoms with Crippen molar-refractivity contribution in [1.29, 1.82) is 0 Å². The smallest absolute Gasteiger partial charge is 0.390 e. The van der Waals surface area contributed by atoms with Crippen molar-refractivity contribution >= 4 is 17.2 Å². The molecule has 182 valence electrons. The highest BCUT2D eigenvalue weighted by Gasteiger charge is 2.26. The molecule has 0 aliphatic heterocycles. The number of nitrogens with one attached hydrogen (secondary N) is 2. The molecule has 0 spiro atoms. The molecule has 4 aromatic rings. The van der Waals surface area contributed by atoms with Gasteiger partial charge in [-0.25, -0.2) is 4.98 Å². The number of imidazole rings is 1. The molecule has 4 rings (SSSR count). The van der Waals surface area contributed by atoms with Crippen molar-refractivity contribution < 1.29 is 22.7 Å². The van der Waals surface area contributed by atoms with Crippen LogP contribution < -0.4 is 15.4 Å². The topological polar surface area (TPSA) is 67.7 Å². The van der Waals surface area contributed by atoms with Gasteiger partial charge in [-0.05, 0) is 36.8 Å². The number of amides is 1. The van der Waals surface area contributed by atoms with Crippen LogP contribution in [-0.4, -0.2) is 42.2 Å². The Kier molecular flexibility index (Phi) is 6.68. The SMILES string of the molecule is CNC(=O)c1ccc(-c2cnc3c(NCCC(F)(F)F)cc(-c4ccccc4OC)cn23)cc1C. The number of ether oxygens (including phenoxy) is 1. The molecule has 1 amide bonds. The molecule has 0 atom stereocenters. The Hall–Kier alpha value is -4.01. The maximum absolute atomic E-state index is 12.8. The lowest BCUT2D eigenvalue weighted by molar-refractivity contribution is -0.131. The fourth-order valence-corrected chi connectivity index (χ4v) is 4.01. The molecule has 35 heavy (non-hydrogen) atoms. The summed E-state index contributed by atoms with van der Waals surface area (Å²) < 4.78 is 45.7. The molecule has 0 saturated heterocycles. The number of hydrogen-bond donors (Lipinski definition) is 2. The van der Waals surface area contributed by atoms with Crippen LogP contribution >= 0.6 is 0 Å². The number of rotatable bonds is 7. The van der Waals surface area contributed by atoms with Crippen molar-refractivity contribution in [3.8, 4) is 28.1 Å². The fourth-order valence-electron chi connectivity index (χ4n) is 4.01. The van der Waals surface area contributed by atoms with Gasteiger partial charge in [0.25, 0.3) is 5.91 Å². The minimum absolute atomic E-state index is 0.179. The Morgan fingerprint density at radius 1 is 1.11 bits per heavy atom. The number of benzene rings is 2.